The summed E-state index contributed by atoms with van der Waals surface area (Å²) in [4.78, 5) is 5.30. The zero-order valence-corrected chi connectivity index (χ0v) is 19.6. The number of benzene rings is 2. The molecule has 1 aliphatic rings. The number of hydrogen-bond acceptors (Lipinski definition) is 3. The summed E-state index contributed by atoms with van der Waals surface area (Å²) in [6.45, 7) is 8.92. The van der Waals surface area contributed by atoms with Gasteiger partial charge in [0.1, 0.15) is 0 Å². The Balaban J connectivity index is 1.89. The molecule has 0 aromatic heterocycles. The fourth-order valence-corrected chi connectivity index (χ4v) is 4.87. The van der Waals surface area contributed by atoms with E-state index in [4.69, 9.17) is 9.73 Å². The Bertz CT molecular complexity index is 844. The molecule has 0 spiro atoms. The van der Waals surface area contributed by atoms with Crippen LogP contribution < -0.4 is 0 Å². The number of thioether (sulfide) groups is 1. The molecule has 1 saturated heterocycles. The van der Waals surface area contributed by atoms with Crippen molar-refractivity contribution in [2.45, 2.75) is 59.2 Å². The van der Waals surface area contributed by atoms with Crippen LogP contribution in [0.3, 0.4) is 0 Å². The molecule has 3 heteroatoms. The maximum absolute atomic E-state index is 5.99. The number of nitrogens with zero attached hydrogens (tertiary/aromatic N) is 1. The Morgan fingerprint density at radius 1 is 1.03 bits per heavy atom. The molecule has 0 aliphatic carbocycles. The number of rotatable bonds is 9. The Kier molecular flexibility index (Phi) is 8.77. The summed E-state index contributed by atoms with van der Waals surface area (Å²) in [5.74, 6) is 2.44. The lowest BCUT2D eigenvalue weighted by Gasteiger charge is -2.17. The predicted octanol–water partition coefficient (Wildman–Crippen LogP) is 7.25. The van der Waals surface area contributed by atoms with E-state index in [1.54, 1.807) is 0 Å². The Morgan fingerprint density at radius 3 is 2.23 bits per heavy atom. The lowest BCUT2D eigenvalue weighted by molar-refractivity contribution is 0.0700. The van der Waals surface area contributed by atoms with E-state index in [-0.39, 0.29) is 0 Å². The van der Waals surface area contributed by atoms with Crippen LogP contribution in [0.25, 0.3) is 5.70 Å². The molecule has 2 aromatic rings. The summed E-state index contributed by atoms with van der Waals surface area (Å²) in [6.07, 6.45) is 4.27. The first-order valence-electron chi connectivity index (χ1n) is 11.2. The van der Waals surface area contributed by atoms with Gasteiger partial charge in [-0.15, -0.1) is 0 Å². The smallest absolute Gasteiger partial charge is 0.0703 e. The highest BCUT2D eigenvalue weighted by molar-refractivity contribution is 7.99. The molecule has 3 atom stereocenters. The molecule has 1 heterocycles. The average molecular weight is 422 g/mol. The predicted molar refractivity (Wildman–Crippen MR) is 132 cm³/mol. The van der Waals surface area contributed by atoms with Crippen LogP contribution in [0.4, 0.5) is 0 Å². The monoisotopic (exact) mass is 421 g/mol. The third-order valence-corrected chi connectivity index (χ3v) is 7.02. The molecule has 160 valence electrons. The zero-order chi connectivity index (χ0) is 21.3. The van der Waals surface area contributed by atoms with Crippen molar-refractivity contribution in [1.29, 1.82) is 0 Å². The Morgan fingerprint density at radius 2 is 1.67 bits per heavy atom. The van der Waals surface area contributed by atoms with E-state index >= 15 is 0 Å². The molecule has 0 saturated carbocycles. The minimum atomic E-state index is 0.403. The Hall–Kier alpha value is -1.84. The molecule has 3 unspecified atom stereocenters. The summed E-state index contributed by atoms with van der Waals surface area (Å²) >= 11 is 1.97. The van der Waals surface area contributed by atoms with E-state index in [2.05, 4.69) is 88.4 Å². The van der Waals surface area contributed by atoms with E-state index in [9.17, 15) is 0 Å². The number of hydrogen-bond donors (Lipinski definition) is 0. The van der Waals surface area contributed by atoms with Gasteiger partial charge in [0, 0.05) is 17.1 Å². The highest BCUT2D eigenvalue weighted by Gasteiger charge is 2.21. The topological polar surface area (TPSA) is 21.6 Å². The third-order valence-electron chi connectivity index (χ3n) is 5.77. The molecule has 1 fully saturated rings. The first-order chi connectivity index (χ1) is 14.6. The number of aliphatic imine (C=N–C) groups is 1. The lowest BCUT2D eigenvalue weighted by atomic mass is 9.95. The molecule has 2 aromatic carbocycles. The van der Waals surface area contributed by atoms with Gasteiger partial charge in [-0.05, 0) is 50.2 Å². The van der Waals surface area contributed by atoms with E-state index in [0.717, 1.165) is 23.6 Å². The fourth-order valence-electron chi connectivity index (χ4n) is 3.80. The first-order valence-corrected chi connectivity index (χ1v) is 12.4. The largest absolute Gasteiger partial charge is 0.374 e. The second-order valence-corrected chi connectivity index (χ2v) is 9.36. The van der Waals surface area contributed by atoms with Crippen molar-refractivity contribution in [3.63, 3.8) is 0 Å². The van der Waals surface area contributed by atoms with Crippen molar-refractivity contribution in [3.8, 4) is 0 Å². The van der Waals surface area contributed by atoms with Crippen molar-refractivity contribution in [2.75, 3.05) is 11.5 Å². The van der Waals surface area contributed by atoms with Crippen molar-refractivity contribution in [2.24, 2.45) is 10.9 Å². The molecule has 3 rings (SSSR count). The molecule has 30 heavy (non-hydrogen) atoms. The molecular weight excluding hydrogens is 386 g/mol. The summed E-state index contributed by atoms with van der Waals surface area (Å²) in [5, 5.41) is 0. The van der Waals surface area contributed by atoms with Gasteiger partial charge in [0.2, 0.25) is 0 Å². The van der Waals surface area contributed by atoms with Crippen molar-refractivity contribution < 1.29 is 4.74 Å². The molecule has 2 nitrogen and oxygen atoms in total. The van der Waals surface area contributed by atoms with Crippen LogP contribution in [0.15, 0.2) is 71.2 Å². The average Bonchev–Trinajstić information content (AvgIpc) is 3.20. The summed E-state index contributed by atoms with van der Waals surface area (Å²) in [6, 6.07) is 21.2. The maximum Gasteiger partial charge on any atom is 0.0703 e. The summed E-state index contributed by atoms with van der Waals surface area (Å²) < 4.78 is 5.99. The van der Waals surface area contributed by atoms with Gasteiger partial charge in [0.05, 0.1) is 23.6 Å². The van der Waals surface area contributed by atoms with Crippen LogP contribution in [0.1, 0.15) is 58.1 Å². The lowest BCUT2D eigenvalue weighted by Crippen LogP contribution is -2.13. The highest BCUT2D eigenvalue weighted by atomic mass is 32.2. The molecule has 0 bridgehead atoms. The van der Waals surface area contributed by atoms with Gasteiger partial charge in [-0.2, -0.15) is 11.8 Å². The minimum Gasteiger partial charge on any atom is -0.374 e. The summed E-state index contributed by atoms with van der Waals surface area (Å²) in [7, 11) is 0. The van der Waals surface area contributed by atoms with Crippen LogP contribution in [0, 0.1) is 5.92 Å². The third kappa shape index (κ3) is 6.33. The van der Waals surface area contributed by atoms with Gasteiger partial charge < -0.3 is 4.74 Å². The van der Waals surface area contributed by atoms with Crippen LogP contribution >= 0.6 is 11.8 Å². The summed E-state index contributed by atoms with van der Waals surface area (Å²) in [5.41, 5.74) is 6.03. The van der Waals surface area contributed by atoms with E-state index in [1.165, 1.54) is 35.3 Å². The van der Waals surface area contributed by atoms with Gasteiger partial charge in [-0.1, -0.05) is 74.5 Å². The molecule has 1 aliphatic heterocycles. The van der Waals surface area contributed by atoms with Gasteiger partial charge in [-0.25, -0.2) is 0 Å². The minimum absolute atomic E-state index is 0.403. The van der Waals surface area contributed by atoms with Crippen LogP contribution in [-0.2, 0) is 4.74 Å². The normalized spacial score (nSPS) is 21.4. The van der Waals surface area contributed by atoms with Crippen molar-refractivity contribution >= 4 is 23.2 Å². The van der Waals surface area contributed by atoms with Crippen LogP contribution in [0.5, 0.6) is 0 Å². The fraction of sp³-hybridized carbons (Fsp3) is 0.444. The SMILES string of the molecule is CCC(C)C(=N/C(=C(\C)CSCC1CCC(C)O1)c1ccccc1)c1ccccc1. The van der Waals surface area contributed by atoms with Crippen molar-refractivity contribution in [3.05, 3.63) is 77.4 Å². The van der Waals surface area contributed by atoms with Crippen LogP contribution in [0.2, 0.25) is 0 Å². The second-order valence-electron chi connectivity index (χ2n) is 8.33. The van der Waals surface area contributed by atoms with Crippen molar-refractivity contribution in [1.82, 2.24) is 0 Å². The molecular formula is C27H35NOS. The van der Waals surface area contributed by atoms with E-state index < -0.39 is 0 Å². The second kappa shape index (κ2) is 11.5. The molecule has 0 radical (unpaired) electrons. The van der Waals surface area contributed by atoms with Gasteiger partial charge in [0.25, 0.3) is 0 Å². The van der Waals surface area contributed by atoms with Gasteiger partial charge in [0.15, 0.2) is 0 Å². The highest BCUT2D eigenvalue weighted by Crippen LogP contribution is 2.28. The standard InChI is InChI=1S/C27H35NOS/c1-5-20(2)26(23-12-8-6-9-13-23)28-27(24-14-10-7-11-15-24)21(3)18-30-19-25-17-16-22(4)29-25/h6-15,20,22,25H,5,16-19H2,1-4H3/b27-21+,28-26?. The first kappa shape index (κ1) is 22.8. The maximum atomic E-state index is 5.99. The molecule has 0 N–H and O–H groups in total. The number of ether oxygens (including phenoxy) is 1. The Labute approximate surface area is 186 Å². The van der Waals surface area contributed by atoms with Crippen LogP contribution in [-0.4, -0.2) is 29.4 Å². The molecule has 0 amide bonds. The van der Waals surface area contributed by atoms with E-state index in [1.807, 2.05) is 11.8 Å². The van der Waals surface area contributed by atoms with Gasteiger partial charge >= 0.3 is 0 Å². The van der Waals surface area contributed by atoms with Gasteiger partial charge in [-0.3, -0.25) is 4.99 Å². The zero-order valence-electron chi connectivity index (χ0n) is 18.8. The van der Waals surface area contributed by atoms with E-state index in [0.29, 0.717) is 18.1 Å². The quantitative estimate of drug-likeness (QED) is 0.398.